The molecule has 1 saturated heterocycles. The van der Waals surface area contributed by atoms with Crippen LogP contribution in [0.1, 0.15) is 18.1 Å². The lowest BCUT2D eigenvalue weighted by Gasteiger charge is -2.15. The second-order valence-electron chi connectivity index (χ2n) is 6.20. The number of hydrazine groups is 1. The molecule has 1 N–H and O–H groups in total. The maximum atomic E-state index is 12.8. The Bertz CT molecular complexity index is 1000. The van der Waals surface area contributed by atoms with Crippen LogP contribution in [0.2, 0.25) is 5.02 Å². The molecule has 8 heteroatoms. The molecule has 1 aliphatic rings. The van der Waals surface area contributed by atoms with E-state index in [2.05, 4.69) is 5.43 Å². The van der Waals surface area contributed by atoms with Crippen LogP contribution >= 0.6 is 11.6 Å². The molecule has 3 rings (SSSR count). The van der Waals surface area contributed by atoms with E-state index in [1.165, 1.54) is 6.08 Å². The molecule has 7 nitrogen and oxygen atoms in total. The van der Waals surface area contributed by atoms with E-state index in [4.69, 9.17) is 21.1 Å². The smallest absolute Gasteiger partial charge is 0.344 e. The van der Waals surface area contributed by atoms with Crippen molar-refractivity contribution in [1.29, 1.82) is 0 Å². The number of para-hydroxylation sites is 1. The van der Waals surface area contributed by atoms with Crippen LogP contribution in [-0.4, -0.2) is 31.0 Å². The average molecular weight is 415 g/mol. The van der Waals surface area contributed by atoms with Crippen LogP contribution in [0.3, 0.4) is 0 Å². The highest BCUT2D eigenvalue weighted by Crippen LogP contribution is 2.28. The first-order valence-electron chi connectivity index (χ1n) is 8.91. The minimum Gasteiger partial charge on any atom is -0.481 e. The molecule has 150 valence electrons. The van der Waals surface area contributed by atoms with Gasteiger partial charge in [0, 0.05) is 10.6 Å². The van der Waals surface area contributed by atoms with Gasteiger partial charge in [-0.25, -0.2) is 9.80 Å². The molecule has 0 saturated carbocycles. The van der Waals surface area contributed by atoms with Gasteiger partial charge in [-0.15, -0.1) is 0 Å². The van der Waals surface area contributed by atoms with Crippen LogP contribution in [0.5, 0.6) is 5.75 Å². The zero-order valence-corrected chi connectivity index (χ0v) is 16.7. The SMILES string of the molecule is CCOC(=O)COc1ccccc1/C=C1\C(=O)NN(c2ccc(C)c(Cl)c2)C1=O. The zero-order chi connectivity index (χ0) is 21.0. The third-order valence-corrected chi connectivity index (χ3v) is 4.58. The summed E-state index contributed by atoms with van der Waals surface area (Å²) in [5, 5.41) is 1.63. The van der Waals surface area contributed by atoms with Crippen LogP contribution in [0.25, 0.3) is 6.08 Å². The van der Waals surface area contributed by atoms with Crippen molar-refractivity contribution in [3.8, 4) is 5.75 Å². The van der Waals surface area contributed by atoms with Crippen LogP contribution in [0.15, 0.2) is 48.0 Å². The molecule has 0 unspecified atom stereocenters. The maximum Gasteiger partial charge on any atom is 0.344 e. The molecule has 0 atom stereocenters. The minimum atomic E-state index is -0.549. The lowest BCUT2D eigenvalue weighted by atomic mass is 10.1. The van der Waals surface area contributed by atoms with Crippen molar-refractivity contribution >= 4 is 41.1 Å². The molecule has 0 spiro atoms. The van der Waals surface area contributed by atoms with E-state index in [0.29, 0.717) is 22.0 Å². The number of carbonyl (C=O) groups excluding carboxylic acids is 3. The number of nitrogens with zero attached hydrogens (tertiary/aromatic N) is 1. The van der Waals surface area contributed by atoms with Crippen molar-refractivity contribution in [2.75, 3.05) is 18.2 Å². The summed E-state index contributed by atoms with van der Waals surface area (Å²) in [6.45, 7) is 3.52. The van der Waals surface area contributed by atoms with E-state index in [0.717, 1.165) is 10.6 Å². The Morgan fingerprint density at radius 2 is 1.97 bits per heavy atom. The van der Waals surface area contributed by atoms with Crippen molar-refractivity contribution in [3.63, 3.8) is 0 Å². The Morgan fingerprint density at radius 1 is 1.21 bits per heavy atom. The van der Waals surface area contributed by atoms with Gasteiger partial charge in [-0.05, 0) is 43.7 Å². The van der Waals surface area contributed by atoms with Gasteiger partial charge in [0.15, 0.2) is 6.61 Å². The summed E-state index contributed by atoms with van der Waals surface area (Å²) in [4.78, 5) is 36.7. The fourth-order valence-corrected chi connectivity index (χ4v) is 2.86. The fraction of sp³-hybridized carbons (Fsp3) is 0.190. The average Bonchev–Trinajstić information content (AvgIpc) is 2.98. The summed E-state index contributed by atoms with van der Waals surface area (Å²) in [6, 6.07) is 11.8. The van der Waals surface area contributed by atoms with Crippen LogP contribution in [0.4, 0.5) is 5.69 Å². The highest BCUT2D eigenvalue weighted by atomic mass is 35.5. The third kappa shape index (κ3) is 4.57. The summed E-state index contributed by atoms with van der Waals surface area (Å²) >= 11 is 6.13. The molecular weight excluding hydrogens is 396 g/mol. The number of carbonyl (C=O) groups is 3. The summed E-state index contributed by atoms with van der Waals surface area (Å²) in [5.74, 6) is -1.22. The molecule has 2 amide bonds. The number of halogens is 1. The van der Waals surface area contributed by atoms with Crippen molar-refractivity contribution < 1.29 is 23.9 Å². The number of benzene rings is 2. The topological polar surface area (TPSA) is 84.9 Å². The molecule has 0 aliphatic carbocycles. The van der Waals surface area contributed by atoms with Crippen molar-refractivity contribution in [1.82, 2.24) is 5.43 Å². The van der Waals surface area contributed by atoms with Gasteiger partial charge in [-0.1, -0.05) is 35.9 Å². The van der Waals surface area contributed by atoms with Crippen molar-refractivity contribution in [2.45, 2.75) is 13.8 Å². The molecule has 2 aromatic rings. The van der Waals surface area contributed by atoms with Crippen molar-refractivity contribution in [2.24, 2.45) is 0 Å². The summed E-state index contributed by atoms with van der Waals surface area (Å²) in [6.07, 6.45) is 1.42. The first kappa shape index (κ1) is 20.4. The fourth-order valence-electron chi connectivity index (χ4n) is 2.69. The normalized spacial score (nSPS) is 14.9. The molecule has 1 aliphatic heterocycles. The van der Waals surface area contributed by atoms with E-state index in [-0.39, 0.29) is 18.8 Å². The van der Waals surface area contributed by atoms with Gasteiger partial charge in [0.1, 0.15) is 11.3 Å². The lowest BCUT2D eigenvalue weighted by Crippen LogP contribution is -2.35. The molecule has 0 bridgehead atoms. The van der Waals surface area contributed by atoms with Crippen LogP contribution < -0.4 is 15.2 Å². The van der Waals surface area contributed by atoms with E-state index in [1.54, 1.807) is 49.4 Å². The largest absolute Gasteiger partial charge is 0.481 e. The maximum absolute atomic E-state index is 12.8. The standard InChI is InChI=1S/C21H19ClN2O5/c1-3-28-19(25)12-29-18-7-5-4-6-14(18)10-16-20(26)23-24(21(16)27)15-9-8-13(2)17(22)11-15/h4-11H,3,12H2,1-2H3,(H,23,26)/b16-10+. The summed E-state index contributed by atoms with van der Waals surface area (Å²) in [5.41, 5.74) is 4.26. The Hall–Kier alpha value is -3.32. The van der Waals surface area contributed by atoms with Crippen LogP contribution in [0, 0.1) is 6.92 Å². The van der Waals surface area contributed by atoms with Gasteiger partial charge in [-0.2, -0.15) is 0 Å². The van der Waals surface area contributed by atoms with Gasteiger partial charge < -0.3 is 9.47 Å². The Morgan fingerprint density at radius 3 is 2.69 bits per heavy atom. The Balaban J connectivity index is 1.85. The number of nitrogens with one attached hydrogen (secondary N) is 1. The summed E-state index contributed by atoms with van der Waals surface area (Å²) < 4.78 is 10.3. The molecule has 1 heterocycles. The van der Waals surface area contributed by atoms with Crippen molar-refractivity contribution in [3.05, 3.63) is 64.2 Å². The molecular formula is C21H19ClN2O5. The van der Waals surface area contributed by atoms with Gasteiger partial charge in [-0.3, -0.25) is 15.0 Å². The Kier molecular flexibility index (Phi) is 6.19. The van der Waals surface area contributed by atoms with Gasteiger partial charge in [0.2, 0.25) is 0 Å². The number of anilines is 1. The predicted octanol–water partition coefficient (Wildman–Crippen LogP) is 3.05. The third-order valence-electron chi connectivity index (χ3n) is 4.17. The van der Waals surface area contributed by atoms with E-state index in [1.807, 2.05) is 6.92 Å². The summed E-state index contributed by atoms with van der Waals surface area (Å²) in [7, 11) is 0. The highest BCUT2D eigenvalue weighted by Gasteiger charge is 2.34. The van der Waals surface area contributed by atoms with E-state index in [9.17, 15) is 14.4 Å². The molecule has 0 radical (unpaired) electrons. The molecule has 1 fully saturated rings. The Labute approximate surface area is 172 Å². The number of amides is 2. The van der Waals surface area contributed by atoms with Gasteiger partial charge in [0.05, 0.1) is 12.3 Å². The monoisotopic (exact) mass is 414 g/mol. The van der Waals surface area contributed by atoms with E-state index >= 15 is 0 Å². The van der Waals surface area contributed by atoms with Gasteiger partial charge in [0.25, 0.3) is 11.8 Å². The number of hydrogen-bond donors (Lipinski definition) is 1. The van der Waals surface area contributed by atoms with Gasteiger partial charge >= 0.3 is 5.97 Å². The molecule has 2 aromatic carbocycles. The minimum absolute atomic E-state index is 0.0612. The molecule has 0 aromatic heterocycles. The first-order chi connectivity index (χ1) is 13.9. The highest BCUT2D eigenvalue weighted by molar-refractivity contribution is 6.33. The first-order valence-corrected chi connectivity index (χ1v) is 9.29. The number of aryl methyl sites for hydroxylation is 1. The number of ether oxygens (including phenoxy) is 2. The zero-order valence-electron chi connectivity index (χ0n) is 15.9. The predicted molar refractivity (Wildman–Crippen MR) is 108 cm³/mol. The molecule has 29 heavy (non-hydrogen) atoms. The van der Waals surface area contributed by atoms with Crippen LogP contribution in [-0.2, 0) is 19.1 Å². The second kappa shape index (κ2) is 8.79. The number of esters is 1. The quantitative estimate of drug-likeness (QED) is 0.446. The van der Waals surface area contributed by atoms with E-state index < -0.39 is 17.8 Å². The second-order valence-corrected chi connectivity index (χ2v) is 6.61. The number of rotatable bonds is 6. The lowest BCUT2D eigenvalue weighted by molar-refractivity contribution is -0.145. The number of hydrogen-bond acceptors (Lipinski definition) is 5.